The van der Waals surface area contributed by atoms with E-state index in [1.807, 2.05) is 19.9 Å². The van der Waals surface area contributed by atoms with Crippen molar-refractivity contribution in [1.82, 2.24) is 10.3 Å². The zero-order valence-corrected chi connectivity index (χ0v) is 13.0. The van der Waals surface area contributed by atoms with Gasteiger partial charge in [-0.2, -0.15) is 0 Å². The molecule has 98 valence electrons. The van der Waals surface area contributed by atoms with E-state index in [4.69, 9.17) is 5.73 Å². The standard InChI is InChI=1S/C11H18IN3O.ClH/c1-3-11(4-2,7-13)15-10(16)9-5-8(12)6-14-9;/h5-6,14H,3-4,7,13H2,1-2H3,(H,15,16);1H. The van der Waals surface area contributed by atoms with Crippen LogP contribution in [-0.4, -0.2) is 23.0 Å². The van der Waals surface area contributed by atoms with Gasteiger partial charge in [-0.1, -0.05) is 13.8 Å². The third kappa shape index (κ3) is 4.15. The lowest BCUT2D eigenvalue weighted by molar-refractivity contribution is 0.0890. The molecule has 1 rings (SSSR count). The maximum Gasteiger partial charge on any atom is 0.268 e. The molecule has 0 bridgehead atoms. The first-order valence-corrected chi connectivity index (χ1v) is 6.51. The molecular weight excluding hydrogens is 352 g/mol. The third-order valence-electron chi connectivity index (χ3n) is 3.02. The van der Waals surface area contributed by atoms with Gasteiger partial charge in [-0.05, 0) is 41.5 Å². The molecule has 1 aromatic heterocycles. The minimum absolute atomic E-state index is 0. The second kappa shape index (κ2) is 7.23. The molecule has 6 heteroatoms. The number of hydrogen-bond acceptors (Lipinski definition) is 2. The molecule has 0 unspecified atom stereocenters. The number of aromatic amines is 1. The van der Waals surface area contributed by atoms with Crippen LogP contribution in [0.5, 0.6) is 0 Å². The molecule has 4 nitrogen and oxygen atoms in total. The molecule has 0 aliphatic rings. The van der Waals surface area contributed by atoms with Crippen LogP contribution in [0, 0.1) is 3.57 Å². The molecule has 1 heterocycles. The molecule has 0 aliphatic carbocycles. The zero-order chi connectivity index (χ0) is 12.2. The van der Waals surface area contributed by atoms with E-state index in [0.29, 0.717) is 12.2 Å². The number of aromatic nitrogens is 1. The first-order valence-electron chi connectivity index (χ1n) is 5.43. The largest absolute Gasteiger partial charge is 0.356 e. The van der Waals surface area contributed by atoms with E-state index in [0.717, 1.165) is 16.4 Å². The van der Waals surface area contributed by atoms with Crippen LogP contribution in [0.25, 0.3) is 0 Å². The Bertz CT molecular complexity index is 355. The number of nitrogens with two attached hydrogens (primary N) is 1. The summed E-state index contributed by atoms with van der Waals surface area (Å²) < 4.78 is 1.02. The molecule has 4 N–H and O–H groups in total. The molecule has 0 saturated carbocycles. The molecular formula is C11H19ClIN3O. The molecule has 17 heavy (non-hydrogen) atoms. The summed E-state index contributed by atoms with van der Waals surface area (Å²) in [5.74, 6) is -0.0860. The number of halogens is 2. The van der Waals surface area contributed by atoms with Crippen LogP contribution in [0.4, 0.5) is 0 Å². The van der Waals surface area contributed by atoms with Gasteiger partial charge in [0.2, 0.25) is 0 Å². The predicted molar refractivity (Wildman–Crippen MR) is 80.6 cm³/mol. The van der Waals surface area contributed by atoms with Crippen molar-refractivity contribution in [3.8, 4) is 0 Å². The summed E-state index contributed by atoms with van der Waals surface area (Å²) in [5.41, 5.74) is 6.04. The molecule has 0 aromatic carbocycles. The van der Waals surface area contributed by atoms with Crippen LogP contribution in [-0.2, 0) is 0 Å². The van der Waals surface area contributed by atoms with Gasteiger partial charge in [0.05, 0.1) is 5.54 Å². The van der Waals surface area contributed by atoms with Gasteiger partial charge < -0.3 is 16.0 Å². The van der Waals surface area contributed by atoms with Gasteiger partial charge in [-0.15, -0.1) is 12.4 Å². The van der Waals surface area contributed by atoms with Crippen LogP contribution >= 0.6 is 35.0 Å². The quantitative estimate of drug-likeness (QED) is 0.695. The van der Waals surface area contributed by atoms with Crippen molar-refractivity contribution >= 4 is 40.9 Å². The molecule has 0 saturated heterocycles. The number of amides is 1. The number of nitrogens with one attached hydrogen (secondary N) is 2. The molecule has 0 radical (unpaired) electrons. The van der Waals surface area contributed by atoms with Crippen LogP contribution in [0.1, 0.15) is 37.2 Å². The van der Waals surface area contributed by atoms with Crippen molar-refractivity contribution in [2.45, 2.75) is 32.2 Å². The highest BCUT2D eigenvalue weighted by Gasteiger charge is 2.27. The van der Waals surface area contributed by atoms with Gasteiger partial charge in [-0.25, -0.2) is 0 Å². The summed E-state index contributed by atoms with van der Waals surface area (Å²) in [6, 6.07) is 1.82. The Kier molecular flexibility index (Phi) is 7.11. The fourth-order valence-electron chi connectivity index (χ4n) is 1.57. The van der Waals surface area contributed by atoms with Gasteiger partial charge in [0.1, 0.15) is 5.69 Å². The number of carbonyl (C=O) groups excluding carboxylic acids is 1. The van der Waals surface area contributed by atoms with E-state index in [1.54, 1.807) is 6.20 Å². The van der Waals surface area contributed by atoms with Crippen molar-refractivity contribution in [3.05, 3.63) is 21.5 Å². The van der Waals surface area contributed by atoms with E-state index in [2.05, 4.69) is 32.9 Å². The Morgan fingerprint density at radius 1 is 1.53 bits per heavy atom. The summed E-state index contributed by atoms with van der Waals surface area (Å²) in [4.78, 5) is 14.9. The van der Waals surface area contributed by atoms with Crippen LogP contribution in [0.2, 0.25) is 0 Å². The van der Waals surface area contributed by atoms with E-state index in [1.165, 1.54) is 0 Å². The van der Waals surface area contributed by atoms with Gasteiger partial charge in [-0.3, -0.25) is 4.79 Å². The topological polar surface area (TPSA) is 70.9 Å². The average Bonchev–Trinajstić information content (AvgIpc) is 2.73. The van der Waals surface area contributed by atoms with Crippen LogP contribution in [0.15, 0.2) is 12.3 Å². The zero-order valence-electron chi connectivity index (χ0n) is 10.0. The Balaban J connectivity index is 0.00000256. The first-order chi connectivity index (χ1) is 7.56. The summed E-state index contributed by atoms with van der Waals surface area (Å²) in [6.07, 6.45) is 3.48. The summed E-state index contributed by atoms with van der Waals surface area (Å²) in [5, 5.41) is 3.01. The lowest BCUT2D eigenvalue weighted by Gasteiger charge is -2.31. The monoisotopic (exact) mass is 371 g/mol. The van der Waals surface area contributed by atoms with Crippen LogP contribution in [0.3, 0.4) is 0 Å². The van der Waals surface area contributed by atoms with Crippen molar-refractivity contribution in [2.75, 3.05) is 6.54 Å². The van der Waals surface area contributed by atoms with E-state index in [-0.39, 0.29) is 23.9 Å². The predicted octanol–water partition coefficient (Wildman–Crippen LogP) is 2.29. The van der Waals surface area contributed by atoms with Gasteiger partial charge >= 0.3 is 0 Å². The second-order valence-corrected chi connectivity index (χ2v) is 5.12. The Labute approximate surface area is 122 Å². The van der Waals surface area contributed by atoms with Gasteiger partial charge in [0.25, 0.3) is 5.91 Å². The molecule has 1 amide bonds. The highest BCUT2D eigenvalue weighted by Crippen LogP contribution is 2.15. The van der Waals surface area contributed by atoms with Crippen molar-refractivity contribution in [2.24, 2.45) is 5.73 Å². The maximum absolute atomic E-state index is 11.9. The maximum atomic E-state index is 11.9. The smallest absolute Gasteiger partial charge is 0.268 e. The fraction of sp³-hybridized carbons (Fsp3) is 0.545. The second-order valence-electron chi connectivity index (χ2n) is 3.88. The number of carbonyl (C=O) groups is 1. The molecule has 0 aliphatic heterocycles. The lowest BCUT2D eigenvalue weighted by Crippen LogP contribution is -2.52. The SMILES string of the molecule is CCC(CC)(CN)NC(=O)c1cc(I)c[nH]1.Cl. The van der Waals surface area contributed by atoms with Crippen LogP contribution < -0.4 is 11.1 Å². The minimum atomic E-state index is -0.284. The van der Waals surface area contributed by atoms with Crippen molar-refractivity contribution in [1.29, 1.82) is 0 Å². The Morgan fingerprint density at radius 2 is 2.12 bits per heavy atom. The van der Waals surface area contributed by atoms with E-state index in [9.17, 15) is 4.79 Å². The number of rotatable bonds is 5. The molecule has 0 atom stereocenters. The van der Waals surface area contributed by atoms with Gasteiger partial charge in [0, 0.05) is 16.3 Å². The molecule has 0 fully saturated rings. The molecule has 0 spiro atoms. The summed E-state index contributed by atoms with van der Waals surface area (Å²) in [6.45, 7) is 4.54. The average molecular weight is 372 g/mol. The normalized spacial score (nSPS) is 10.8. The highest BCUT2D eigenvalue weighted by molar-refractivity contribution is 14.1. The third-order valence-corrected chi connectivity index (χ3v) is 3.64. The Morgan fingerprint density at radius 3 is 2.47 bits per heavy atom. The van der Waals surface area contributed by atoms with Gasteiger partial charge in [0.15, 0.2) is 0 Å². The lowest BCUT2D eigenvalue weighted by atomic mass is 9.93. The minimum Gasteiger partial charge on any atom is -0.356 e. The summed E-state index contributed by atoms with van der Waals surface area (Å²) >= 11 is 2.16. The van der Waals surface area contributed by atoms with E-state index >= 15 is 0 Å². The van der Waals surface area contributed by atoms with Crippen molar-refractivity contribution in [3.63, 3.8) is 0 Å². The Hall–Kier alpha value is -0.270. The number of H-pyrrole nitrogens is 1. The fourth-order valence-corrected chi connectivity index (χ4v) is 2.04. The van der Waals surface area contributed by atoms with Crippen molar-refractivity contribution < 1.29 is 4.79 Å². The summed E-state index contributed by atoms with van der Waals surface area (Å²) in [7, 11) is 0. The number of hydrogen-bond donors (Lipinski definition) is 3. The first kappa shape index (κ1) is 16.7. The van der Waals surface area contributed by atoms with E-state index < -0.39 is 0 Å². The highest BCUT2D eigenvalue weighted by atomic mass is 127. The molecule has 1 aromatic rings.